The lowest BCUT2D eigenvalue weighted by atomic mass is 9.91. The van der Waals surface area contributed by atoms with Crippen molar-refractivity contribution in [3.63, 3.8) is 0 Å². The predicted molar refractivity (Wildman–Crippen MR) is 85.9 cm³/mol. The molecule has 0 bridgehead atoms. The van der Waals surface area contributed by atoms with Crippen molar-refractivity contribution < 1.29 is 14.2 Å². The number of nitrogens with zero attached hydrogens (tertiary/aromatic N) is 1. The highest BCUT2D eigenvalue weighted by Gasteiger charge is 2.35. The van der Waals surface area contributed by atoms with Gasteiger partial charge in [0.1, 0.15) is 0 Å². The van der Waals surface area contributed by atoms with Gasteiger partial charge in [0, 0.05) is 38.3 Å². The van der Waals surface area contributed by atoms with Gasteiger partial charge in [-0.3, -0.25) is 4.90 Å². The summed E-state index contributed by atoms with van der Waals surface area (Å²) in [4.78, 5) is 2.59. The van der Waals surface area contributed by atoms with Crippen LogP contribution in [0.15, 0.2) is 0 Å². The van der Waals surface area contributed by atoms with Gasteiger partial charge in [-0.15, -0.1) is 0 Å². The Morgan fingerprint density at radius 3 is 2.38 bits per heavy atom. The highest BCUT2D eigenvalue weighted by atomic mass is 16.5. The minimum atomic E-state index is 0.254. The lowest BCUT2D eigenvalue weighted by molar-refractivity contribution is -0.00480. The average molecular weight is 302 g/mol. The quantitative estimate of drug-likeness (QED) is 0.586. The van der Waals surface area contributed by atoms with E-state index < -0.39 is 0 Å². The molecule has 1 heterocycles. The molecule has 0 aliphatic carbocycles. The summed E-state index contributed by atoms with van der Waals surface area (Å²) in [6, 6.07) is 0.613. The van der Waals surface area contributed by atoms with E-state index in [0.29, 0.717) is 32.5 Å². The maximum absolute atomic E-state index is 5.70. The standard InChI is InChI=1S/C16H34N2O3/c1-5-15-13-18(16(3,6-2)14-17-15)7-8-20-11-12-21-10-9-19-4/h15,17H,5-14H2,1-4H3. The second kappa shape index (κ2) is 10.5. The summed E-state index contributed by atoms with van der Waals surface area (Å²) >= 11 is 0. The van der Waals surface area contributed by atoms with Crippen LogP contribution in [-0.2, 0) is 14.2 Å². The third-order valence-electron chi connectivity index (χ3n) is 4.54. The molecule has 126 valence electrons. The molecule has 0 aromatic rings. The Balaban J connectivity index is 2.18. The van der Waals surface area contributed by atoms with E-state index >= 15 is 0 Å². The zero-order chi connectivity index (χ0) is 15.6. The predicted octanol–water partition coefficient (Wildman–Crippen LogP) is 1.52. The van der Waals surface area contributed by atoms with Gasteiger partial charge in [0.05, 0.1) is 33.0 Å². The van der Waals surface area contributed by atoms with Gasteiger partial charge in [-0.05, 0) is 19.8 Å². The number of hydrogen-bond acceptors (Lipinski definition) is 5. The van der Waals surface area contributed by atoms with Gasteiger partial charge in [0.2, 0.25) is 0 Å². The van der Waals surface area contributed by atoms with Gasteiger partial charge < -0.3 is 19.5 Å². The second-order valence-electron chi connectivity index (χ2n) is 6.00. The van der Waals surface area contributed by atoms with Crippen LogP contribution in [0, 0.1) is 0 Å². The molecule has 5 heteroatoms. The van der Waals surface area contributed by atoms with E-state index in [2.05, 4.69) is 31.0 Å². The summed E-state index contributed by atoms with van der Waals surface area (Å²) < 4.78 is 16.0. The molecule has 0 saturated carbocycles. The molecule has 1 saturated heterocycles. The summed E-state index contributed by atoms with van der Waals surface area (Å²) in [5.74, 6) is 0. The van der Waals surface area contributed by atoms with Crippen molar-refractivity contribution >= 4 is 0 Å². The van der Waals surface area contributed by atoms with Crippen LogP contribution >= 0.6 is 0 Å². The molecule has 0 radical (unpaired) electrons. The first-order chi connectivity index (χ1) is 10.2. The Morgan fingerprint density at radius 2 is 1.76 bits per heavy atom. The second-order valence-corrected chi connectivity index (χ2v) is 6.00. The molecule has 1 aliphatic rings. The number of piperazine rings is 1. The monoisotopic (exact) mass is 302 g/mol. The summed E-state index contributed by atoms with van der Waals surface area (Å²) in [5, 5.41) is 3.66. The molecule has 1 N–H and O–H groups in total. The largest absolute Gasteiger partial charge is 0.382 e. The SMILES string of the molecule is CCC1CN(CCOCCOCCOC)C(C)(CC)CN1. The Morgan fingerprint density at radius 1 is 1.10 bits per heavy atom. The third kappa shape index (κ3) is 6.61. The number of rotatable bonds is 11. The fourth-order valence-electron chi connectivity index (χ4n) is 2.65. The molecule has 1 rings (SSSR count). The topological polar surface area (TPSA) is 43.0 Å². The first-order valence-electron chi connectivity index (χ1n) is 8.29. The van der Waals surface area contributed by atoms with Crippen LogP contribution < -0.4 is 5.32 Å². The minimum Gasteiger partial charge on any atom is -0.382 e. The van der Waals surface area contributed by atoms with E-state index in [-0.39, 0.29) is 5.54 Å². The molecule has 0 aromatic heterocycles. The van der Waals surface area contributed by atoms with Crippen molar-refractivity contribution in [1.29, 1.82) is 0 Å². The van der Waals surface area contributed by atoms with Crippen LogP contribution in [0.1, 0.15) is 33.6 Å². The van der Waals surface area contributed by atoms with Gasteiger partial charge in [0.15, 0.2) is 0 Å². The van der Waals surface area contributed by atoms with Gasteiger partial charge >= 0.3 is 0 Å². The van der Waals surface area contributed by atoms with Crippen LogP contribution in [-0.4, -0.2) is 76.3 Å². The third-order valence-corrected chi connectivity index (χ3v) is 4.54. The molecule has 5 nitrogen and oxygen atoms in total. The first kappa shape index (κ1) is 18.8. The lowest BCUT2D eigenvalue weighted by Crippen LogP contribution is -2.63. The summed E-state index contributed by atoms with van der Waals surface area (Å²) in [5.41, 5.74) is 0.254. The molecule has 0 spiro atoms. The summed E-state index contributed by atoms with van der Waals surface area (Å²) in [7, 11) is 1.68. The van der Waals surface area contributed by atoms with E-state index in [1.54, 1.807) is 7.11 Å². The van der Waals surface area contributed by atoms with Crippen molar-refractivity contribution in [2.75, 3.05) is 59.8 Å². The molecule has 2 atom stereocenters. The zero-order valence-corrected chi connectivity index (χ0v) is 14.3. The van der Waals surface area contributed by atoms with E-state index in [4.69, 9.17) is 14.2 Å². The van der Waals surface area contributed by atoms with Gasteiger partial charge in [-0.25, -0.2) is 0 Å². The average Bonchev–Trinajstić information content (AvgIpc) is 2.51. The Bertz CT molecular complexity index is 266. The fourth-order valence-corrected chi connectivity index (χ4v) is 2.65. The van der Waals surface area contributed by atoms with E-state index in [0.717, 1.165) is 32.7 Å². The highest BCUT2D eigenvalue weighted by Crippen LogP contribution is 2.23. The normalized spacial score (nSPS) is 27.1. The van der Waals surface area contributed by atoms with E-state index in [9.17, 15) is 0 Å². The minimum absolute atomic E-state index is 0.254. The van der Waals surface area contributed by atoms with Crippen LogP contribution in [0.3, 0.4) is 0 Å². The number of hydrogen-bond donors (Lipinski definition) is 1. The summed E-state index contributed by atoms with van der Waals surface area (Å²) in [6.07, 6.45) is 2.35. The maximum Gasteiger partial charge on any atom is 0.0701 e. The number of methoxy groups -OCH3 is 1. The van der Waals surface area contributed by atoms with Gasteiger partial charge in [0.25, 0.3) is 0 Å². The molecular formula is C16H34N2O3. The first-order valence-corrected chi connectivity index (χ1v) is 8.29. The van der Waals surface area contributed by atoms with Crippen LogP contribution in [0.4, 0.5) is 0 Å². The Labute approximate surface area is 130 Å². The van der Waals surface area contributed by atoms with Crippen molar-refractivity contribution in [2.45, 2.75) is 45.2 Å². The highest BCUT2D eigenvalue weighted by molar-refractivity contribution is 4.94. The number of nitrogens with one attached hydrogen (secondary N) is 1. The Hall–Kier alpha value is -0.200. The molecular weight excluding hydrogens is 268 g/mol. The maximum atomic E-state index is 5.70. The molecule has 0 aromatic carbocycles. The fraction of sp³-hybridized carbons (Fsp3) is 1.00. The van der Waals surface area contributed by atoms with Crippen LogP contribution in [0.25, 0.3) is 0 Å². The summed E-state index contributed by atoms with van der Waals surface area (Å²) in [6.45, 7) is 13.4. The smallest absolute Gasteiger partial charge is 0.0701 e. The molecule has 0 amide bonds. The molecule has 2 unspecified atom stereocenters. The van der Waals surface area contributed by atoms with Crippen molar-refractivity contribution in [3.05, 3.63) is 0 Å². The van der Waals surface area contributed by atoms with Gasteiger partial charge in [-0.2, -0.15) is 0 Å². The van der Waals surface area contributed by atoms with Crippen molar-refractivity contribution in [1.82, 2.24) is 10.2 Å². The van der Waals surface area contributed by atoms with Gasteiger partial charge in [-0.1, -0.05) is 13.8 Å². The Kier molecular flexibility index (Phi) is 9.44. The molecule has 21 heavy (non-hydrogen) atoms. The molecule has 1 aliphatic heterocycles. The number of ether oxygens (including phenoxy) is 3. The van der Waals surface area contributed by atoms with Crippen LogP contribution in [0.5, 0.6) is 0 Å². The van der Waals surface area contributed by atoms with E-state index in [1.807, 2.05) is 0 Å². The van der Waals surface area contributed by atoms with E-state index in [1.165, 1.54) is 6.42 Å². The van der Waals surface area contributed by atoms with Crippen LogP contribution in [0.2, 0.25) is 0 Å². The zero-order valence-electron chi connectivity index (χ0n) is 14.3. The molecule has 1 fully saturated rings. The van der Waals surface area contributed by atoms with Crippen molar-refractivity contribution in [2.24, 2.45) is 0 Å². The van der Waals surface area contributed by atoms with Crippen molar-refractivity contribution in [3.8, 4) is 0 Å². The lowest BCUT2D eigenvalue weighted by Gasteiger charge is -2.47.